The summed E-state index contributed by atoms with van der Waals surface area (Å²) in [6.45, 7) is 5.18. The lowest BCUT2D eigenvalue weighted by Gasteiger charge is -2.19. The van der Waals surface area contributed by atoms with Gasteiger partial charge < -0.3 is 14.8 Å². The van der Waals surface area contributed by atoms with Crippen LogP contribution in [0.1, 0.15) is 31.7 Å². The summed E-state index contributed by atoms with van der Waals surface area (Å²) in [5.74, 6) is 0.566. The topological polar surface area (TPSA) is 47.6 Å². The van der Waals surface area contributed by atoms with Crippen LogP contribution in [0.3, 0.4) is 0 Å². The lowest BCUT2D eigenvalue weighted by atomic mass is 10.2. The maximum absolute atomic E-state index is 12.2. The van der Waals surface area contributed by atoms with Crippen molar-refractivity contribution in [3.8, 4) is 5.75 Å². The number of halogens is 1. The fourth-order valence-corrected chi connectivity index (χ4v) is 2.43. The van der Waals surface area contributed by atoms with Gasteiger partial charge in [-0.3, -0.25) is 4.79 Å². The van der Waals surface area contributed by atoms with Gasteiger partial charge >= 0.3 is 0 Å². The molecule has 1 amide bonds. The van der Waals surface area contributed by atoms with Crippen LogP contribution in [0.4, 0.5) is 0 Å². The number of nitrogens with one attached hydrogen (secondary N) is 1. The number of carbonyl (C=O) groups excluding carboxylic acids is 1. The first-order valence-electron chi connectivity index (χ1n) is 7.42. The van der Waals surface area contributed by atoms with Gasteiger partial charge in [0.2, 0.25) is 0 Å². The van der Waals surface area contributed by atoms with Crippen molar-refractivity contribution in [3.63, 3.8) is 0 Å². The van der Waals surface area contributed by atoms with Crippen molar-refractivity contribution in [1.29, 1.82) is 0 Å². The Bertz CT molecular complexity index is 486. The van der Waals surface area contributed by atoms with Crippen LogP contribution in [0.15, 0.2) is 18.2 Å². The molecular weight excluding hydrogens is 290 g/mol. The molecule has 1 saturated heterocycles. The van der Waals surface area contributed by atoms with Crippen LogP contribution in [0.2, 0.25) is 5.02 Å². The van der Waals surface area contributed by atoms with E-state index in [-0.39, 0.29) is 12.0 Å². The van der Waals surface area contributed by atoms with Crippen molar-refractivity contribution in [2.24, 2.45) is 0 Å². The van der Waals surface area contributed by atoms with Gasteiger partial charge in [0.15, 0.2) is 6.10 Å². The zero-order valence-corrected chi connectivity index (χ0v) is 13.3. The molecule has 2 unspecified atom stereocenters. The number of carbonyl (C=O) groups is 1. The lowest BCUT2D eigenvalue weighted by molar-refractivity contribution is -0.128. The molecule has 0 radical (unpaired) electrons. The van der Waals surface area contributed by atoms with Gasteiger partial charge in [0.1, 0.15) is 5.75 Å². The van der Waals surface area contributed by atoms with E-state index in [1.165, 1.54) is 0 Å². The largest absolute Gasteiger partial charge is 0.481 e. The van der Waals surface area contributed by atoms with Crippen molar-refractivity contribution in [1.82, 2.24) is 5.32 Å². The summed E-state index contributed by atoms with van der Waals surface area (Å²) in [5, 5.41) is 3.60. The predicted octanol–water partition coefficient (Wildman–Crippen LogP) is 3.10. The molecule has 0 aromatic heterocycles. The standard InChI is InChI=1S/C16H22ClNO3/c1-3-15(16(19)18-10-13-5-4-8-20-13)21-12-6-7-14(17)11(2)9-12/h6-7,9,13,15H,3-5,8,10H2,1-2H3,(H,18,19). The molecule has 2 atom stereocenters. The van der Waals surface area contributed by atoms with Gasteiger partial charge in [0.05, 0.1) is 6.10 Å². The zero-order chi connectivity index (χ0) is 15.2. The molecule has 1 aliphatic heterocycles. The molecule has 1 aromatic rings. The molecule has 0 aliphatic carbocycles. The highest BCUT2D eigenvalue weighted by Gasteiger charge is 2.21. The summed E-state index contributed by atoms with van der Waals surface area (Å²) in [6.07, 6.45) is 2.34. The first-order valence-corrected chi connectivity index (χ1v) is 7.80. The van der Waals surface area contributed by atoms with Crippen molar-refractivity contribution in [3.05, 3.63) is 28.8 Å². The van der Waals surface area contributed by atoms with Crippen molar-refractivity contribution >= 4 is 17.5 Å². The summed E-state index contributed by atoms with van der Waals surface area (Å²) in [5.41, 5.74) is 0.934. The second-order valence-corrected chi connectivity index (χ2v) is 5.71. The highest BCUT2D eigenvalue weighted by atomic mass is 35.5. The van der Waals surface area contributed by atoms with Crippen LogP contribution in [0.25, 0.3) is 0 Å². The third kappa shape index (κ3) is 4.61. The van der Waals surface area contributed by atoms with Gasteiger partial charge in [-0.1, -0.05) is 18.5 Å². The Hall–Kier alpha value is -1.26. The van der Waals surface area contributed by atoms with Crippen molar-refractivity contribution < 1.29 is 14.3 Å². The van der Waals surface area contributed by atoms with Crippen LogP contribution in [0.5, 0.6) is 5.75 Å². The number of ether oxygens (including phenoxy) is 2. The van der Waals surface area contributed by atoms with Crippen molar-refractivity contribution in [2.45, 2.75) is 45.3 Å². The normalized spacial score (nSPS) is 19.3. The number of rotatable bonds is 6. The van der Waals surface area contributed by atoms with Crippen LogP contribution in [-0.2, 0) is 9.53 Å². The van der Waals surface area contributed by atoms with Crippen molar-refractivity contribution in [2.75, 3.05) is 13.2 Å². The Morgan fingerprint density at radius 3 is 3.00 bits per heavy atom. The average molecular weight is 312 g/mol. The summed E-state index contributed by atoms with van der Waals surface area (Å²) >= 11 is 5.99. The molecule has 2 rings (SSSR count). The lowest BCUT2D eigenvalue weighted by Crippen LogP contribution is -2.41. The maximum atomic E-state index is 12.2. The van der Waals surface area contributed by atoms with Gasteiger partial charge in [-0.05, 0) is 49.9 Å². The fraction of sp³-hybridized carbons (Fsp3) is 0.562. The zero-order valence-electron chi connectivity index (χ0n) is 12.5. The molecule has 0 saturated carbocycles. The summed E-state index contributed by atoms with van der Waals surface area (Å²) in [6, 6.07) is 5.41. The molecule has 4 nitrogen and oxygen atoms in total. The van der Waals surface area contributed by atoms with Crippen LogP contribution in [0, 0.1) is 6.92 Å². The average Bonchev–Trinajstić information content (AvgIpc) is 2.99. The minimum atomic E-state index is -0.494. The van der Waals surface area contributed by atoms with E-state index in [0.29, 0.717) is 23.7 Å². The fourth-order valence-electron chi connectivity index (χ4n) is 2.31. The second-order valence-electron chi connectivity index (χ2n) is 5.31. The Morgan fingerprint density at radius 1 is 1.57 bits per heavy atom. The number of hydrogen-bond acceptors (Lipinski definition) is 3. The smallest absolute Gasteiger partial charge is 0.261 e. The van der Waals surface area contributed by atoms with E-state index in [1.807, 2.05) is 19.9 Å². The molecule has 1 fully saturated rings. The number of benzene rings is 1. The third-order valence-corrected chi connectivity index (χ3v) is 4.02. The van der Waals surface area contributed by atoms with E-state index in [4.69, 9.17) is 21.1 Å². The minimum Gasteiger partial charge on any atom is -0.481 e. The highest BCUT2D eigenvalue weighted by Crippen LogP contribution is 2.22. The summed E-state index contributed by atoms with van der Waals surface area (Å²) < 4.78 is 11.3. The van der Waals surface area contributed by atoms with Gasteiger partial charge in [0.25, 0.3) is 5.91 Å². The summed E-state index contributed by atoms with van der Waals surface area (Å²) in [4.78, 5) is 12.2. The predicted molar refractivity (Wildman–Crippen MR) is 82.9 cm³/mol. The van der Waals surface area contributed by atoms with E-state index >= 15 is 0 Å². The molecule has 5 heteroatoms. The number of amides is 1. The van der Waals surface area contributed by atoms with Crippen LogP contribution < -0.4 is 10.1 Å². The molecule has 116 valence electrons. The summed E-state index contributed by atoms with van der Waals surface area (Å²) in [7, 11) is 0. The Kier molecular flexibility index (Phi) is 5.88. The number of hydrogen-bond donors (Lipinski definition) is 1. The quantitative estimate of drug-likeness (QED) is 0.878. The SMILES string of the molecule is CCC(Oc1ccc(Cl)c(C)c1)C(=O)NCC1CCCO1. The third-order valence-electron chi connectivity index (χ3n) is 3.60. The molecule has 1 N–H and O–H groups in total. The van der Waals surface area contributed by atoms with E-state index in [1.54, 1.807) is 12.1 Å². The molecule has 21 heavy (non-hydrogen) atoms. The first kappa shape index (κ1) is 16.1. The van der Waals surface area contributed by atoms with E-state index in [0.717, 1.165) is 25.0 Å². The Balaban J connectivity index is 1.88. The van der Waals surface area contributed by atoms with Crippen LogP contribution in [-0.4, -0.2) is 31.3 Å². The molecule has 1 aromatic carbocycles. The Morgan fingerprint density at radius 2 is 2.38 bits per heavy atom. The van der Waals surface area contributed by atoms with E-state index in [9.17, 15) is 4.79 Å². The van der Waals surface area contributed by atoms with Crippen LogP contribution >= 0.6 is 11.6 Å². The molecule has 0 bridgehead atoms. The molecule has 1 aliphatic rings. The maximum Gasteiger partial charge on any atom is 0.261 e. The van der Waals surface area contributed by atoms with E-state index < -0.39 is 6.10 Å². The number of aryl methyl sites for hydroxylation is 1. The van der Waals surface area contributed by atoms with E-state index in [2.05, 4.69) is 5.32 Å². The van der Waals surface area contributed by atoms with Gasteiger partial charge in [-0.25, -0.2) is 0 Å². The molecule has 0 spiro atoms. The minimum absolute atomic E-state index is 0.0967. The first-order chi connectivity index (χ1) is 10.1. The van der Waals surface area contributed by atoms with Gasteiger partial charge in [-0.2, -0.15) is 0 Å². The highest BCUT2D eigenvalue weighted by molar-refractivity contribution is 6.31. The van der Waals surface area contributed by atoms with Gasteiger partial charge in [0, 0.05) is 18.2 Å². The Labute approximate surface area is 130 Å². The molecular formula is C16H22ClNO3. The molecule has 1 heterocycles. The monoisotopic (exact) mass is 311 g/mol. The second kappa shape index (κ2) is 7.66. The van der Waals surface area contributed by atoms with Gasteiger partial charge in [-0.15, -0.1) is 0 Å².